The molecule has 5 heterocycles. The van der Waals surface area contributed by atoms with Gasteiger partial charge in [-0.15, -0.1) is 11.3 Å². The highest BCUT2D eigenvalue weighted by atomic mass is 32.1. The number of anilines is 2. The van der Waals surface area contributed by atoms with Crippen LogP contribution >= 0.6 is 11.3 Å². The molecule has 4 aromatic heterocycles. The number of carbonyl (C=O) groups excluding carboxylic acids is 5. The number of nitrogens with zero attached hydrogens (tertiary/aromatic N) is 6. The fourth-order valence-electron chi connectivity index (χ4n) is 8.06. The summed E-state index contributed by atoms with van der Waals surface area (Å²) in [4.78, 5) is 80.4. The number of nitrogens with two attached hydrogens (primary N) is 1. The Balaban J connectivity index is 0.757. The van der Waals surface area contributed by atoms with E-state index < -0.39 is 65.9 Å². The standard InChI is InChI=1S/C52H61F3N12O10S/c1-31-44(78-30-61-31)34-9-5-33(6-10-34)24-59-48(72)40-22-37(68)25-66(40)50(73)45(51(2,3)4)64-42(69)28-76-20-19-75-18-17-74-16-15-57-23-32-7-11-36(12-8-32)67-26-38(43(65-67)46(56)70)62-47(71)39-27-77-49(63-39)35-13-14-58-41(21-35)60-29-52(53,54)55/h5-14,21,26-27,30,37,40,45,57,68H,15-20,22-25,28-29H2,1-4H3,(H2,56,70)(H,58,60)(H,59,72)(H,62,71)(H,64,69)/t37-,40+,45-/m1/s1. The predicted octanol–water partition coefficient (Wildman–Crippen LogP) is 4.63. The first-order valence-corrected chi connectivity index (χ1v) is 25.6. The Morgan fingerprint density at radius 1 is 0.910 bits per heavy atom. The molecule has 8 N–H and O–H groups in total. The number of rotatable bonds is 26. The molecular weight excluding hydrogens is 1040 g/mol. The highest BCUT2D eigenvalue weighted by molar-refractivity contribution is 7.13. The van der Waals surface area contributed by atoms with Crippen LogP contribution in [0.25, 0.3) is 27.6 Å². The number of aliphatic hydroxyl groups is 1. The Bertz CT molecular complexity index is 3000. The van der Waals surface area contributed by atoms with Gasteiger partial charge in [-0.25, -0.2) is 19.6 Å². The van der Waals surface area contributed by atoms with Crippen molar-refractivity contribution in [3.8, 4) is 27.6 Å². The second-order valence-electron chi connectivity index (χ2n) is 19.2. The lowest BCUT2D eigenvalue weighted by Gasteiger charge is -2.35. The van der Waals surface area contributed by atoms with Crippen LogP contribution in [0.3, 0.4) is 0 Å². The Kier molecular flexibility index (Phi) is 19.8. The van der Waals surface area contributed by atoms with E-state index in [-0.39, 0.29) is 80.3 Å². The molecule has 0 spiro atoms. The first-order chi connectivity index (χ1) is 37.2. The van der Waals surface area contributed by atoms with Gasteiger partial charge in [0.2, 0.25) is 23.6 Å². The molecule has 6 aromatic rings. The summed E-state index contributed by atoms with van der Waals surface area (Å²) < 4.78 is 61.4. The third-order valence-electron chi connectivity index (χ3n) is 12.1. The van der Waals surface area contributed by atoms with E-state index in [1.807, 2.05) is 43.3 Å². The van der Waals surface area contributed by atoms with E-state index in [4.69, 9.17) is 24.4 Å². The number of likely N-dealkylation sites (tertiary alicyclic amines) is 1. The molecule has 7 rings (SSSR count). The first kappa shape index (κ1) is 58.1. The van der Waals surface area contributed by atoms with Crippen LogP contribution in [0.1, 0.15) is 65.0 Å². The molecule has 26 heteroatoms. The number of β-amino-alcohol motifs (C(OH)–C–C–N with tert-alkyl or cyclic N) is 1. The largest absolute Gasteiger partial charge is 0.444 e. The molecule has 0 bridgehead atoms. The molecule has 1 saturated heterocycles. The van der Waals surface area contributed by atoms with Gasteiger partial charge in [0.05, 0.1) is 72.8 Å². The average Bonchev–Trinajstić information content (AvgIpc) is 4.29. The SMILES string of the molecule is Cc1ncsc1-c1ccc(CNC(=O)[C@@H]2C[C@@H](O)CN2C(=O)[C@@H](NC(=O)COCCOCCOCCNCc2ccc(-n3cc(NC(=O)c4coc(-c5ccnc(NCC(F)(F)F)c5)n4)c(C(N)=O)n3)cc2)C(C)(C)C)cc1. The number of pyridine rings is 1. The number of alkyl halides is 3. The molecule has 3 atom stereocenters. The van der Waals surface area contributed by atoms with Gasteiger partial charge in [0, 0.05) is 44.4 Å². The third-order valence-corrected chi connectivity index (χ3v) is 13.0. The van der Waals surface area contributed by atoms with Crippen LogP contribution in [-0.2, 0) is 41.7 Å². The molecule has 1 aliphatic rings. The summed E-state index contributed by atoms with van der Waals surface area (Å²) in [6.07, 6.45) is -1.56. The number of hydrogen-bond acceptors (Lipinski definition) is 17. The molecule has 1 aliphatic heterocycles. The number of aromatic nitrogens is 5. The topological polar surface area (TPSA) is 292 Å². The lowest BCUT2D eigenvalue weighted by Crippen LogP contribution is -2.58. The normalized spacial score (nSPS) is 15.0. The summed E-state index contributed by atoms with van der Waals surface area (Å²) in [5.41, 5.74) is 10.8. The van der Waals surface area contributed by atoms with Gasteiger partial charge < -0.3 is 61.0 Å². The Morgan fingerprint density at radius 3 is 2.28 bits per heavy atom. The van der Waals surface area contributed by atoms with E-state index in [1.165, 1.54) is 34.1 Å². The van der Waals surface area contributed by atoms with Crippen LogP contribution < -0.4 is 32.3 Å². The van der Waals surface area contributed by atoms with Crippen molar-refractivity contribution >= 4 is 52.4 Å². The molecule has 0 saturated carbocycles. The van der Waals surface area contributed by atoms with E-state index in [0.717, 1.165) is 33.5 Å². The first-order valence-electron chi connectivity index (χ1n) is 24.7. The number of ether oxygens (including phenoxy) is 3. The number of hydrogen-bond donors (Lipinski definition) is 7. The monoisotopic (exact) mass is 1100 g/mol. The minimum atomic E-state index is -4.46. The van der Waals surface area contributed by atoms with Crippen LogP contribution in [0.2, 0.25) is 0 Å². The third kappa shape index (κ3) is 16.4. The number of carbonyl (C=O) groups is 5. The number of thiazole rings is 1. The van der Waals surface area contributed by atoms with Crippen LogP contribution in [0, 0.1) is 12.3 Å². The van der Waals surface area contributed by atoms with Crippen LogP contribution in [0.4, 0.5) is 24.7 Å². The van der Waals surface area contributed by atoms with Crippen molar-refractivity contribution in [1.29, 1.82) is 0 Å². The van der Waals surface area contributed by atoms with Crippen molar-refractivity contribution in [2.75, 3.05) is 69.9 Å². The van der Waals surface area contributed by atoms with Gasteiger partial charge in [0.25, 0.3) is 11.8 Å². The summed E-state index contributed by atoms with van der Waals surface area (Å²) >= 11 is 1.56. The lowest BCUT2D eigenvalue weighted by atomic mass is 9.85. The van der Waals surface area contributed by atoms with E-state index in [0.29, 0.717) is 32.0 Å². The van der Waals surface area contributed by atoms with Crippen molar-refractivity contribution in [3.05, 3.63) is 113 Å². The number of benzene rings is 2. The molecule has 22 nitrogen and oxygen atoms in total. The van der Waals surface area contributed by atoms with Gasteiger partial charge in [-0.3, -0.25) is 24.0 Å². The predicted molar refractivity (Wildman–Crippen MR) is 280 cm³/mol. The molecule has 78 heavy (non-hydrogen) atoms. The minimum Gasteiger partial charge on any atom is -0.444 e. The van der Waals surface area contributed by atoms with Crippen molar-refractivity contribution in [2.45, 2.75) is 71.6 Å². The highest BCUT2D eigenvalue weighted by Crippen LogP contribution is 2.29. The van der Waals surface area contributed by atoms with Gasteiger partial charge in [-0.2, -0.15) is 18.3 Å². The second-order valence-corrected chi connectivity index (χ2v) is 20.0. The van der Waals surface area contributed by atoms with E-state index in [2.05, 4.69) is 46.6 Å². The van der Waals surface area contributed by atoms with Crippen molar-refractivity contribution < 1.29 is 60.9 Å². The maximum Gasteiger partial charge on any atom is 0.405 e. The van der Waals surface area contributed by atoms with E-state index >= 15 is 0 Å². The maximum atomic E-state index is 13.9. The number of primary amides is 1. The number of aliphatic hydroxyl groups excluding tert-OH is 1. The lowest BCUT2D eigenvalue weighted by molar-refractivity contribution is -0.144. The maximum absolute atomic E-state index is 13.9. The van der Waals surface area contributed by atoms with Crippen molar-refractivity contribution in [1.82, 2.24) is 45.6 Å². The van der Waals surface area contributed by atoms with E-state index in [1.54, 1.807) is 49.8 Å². The van der Waals surface area contributed by atoms with Gasteiger partial charge >= 0.3 is 6.18 Å². The number of amides is 5. The number of aryl methyl sites for hydroxylation is 1. The quantitative estimate of drug-likeness (QED) is 0.0365. The molecule has 0 radical (unpaired) electrons. The van der Waals surface area contributed by atoms with Crippen molar-refractivity contribution in [3.63, 3.8) is 0 Å². The van der Waals surface area contributed by atoms with Gasteiger partial charge in [-0.1, -0.05) is 57.2 Å². The summed E-state index contributed by atoms with van der Waals surface area (Å²) in [5.74, 6) is -3.18. The molecule has 2 aromatic carbocycles. The average molecular weight is 1100 g/mol. The summed E-state index contributed by atoms with van der Waals surface area (Å²) in [7, 11) is 0. The fraction of sp³-hybridized carbons (Fsp3) is 0.404. The second kappa shape index (κ2) is 26.6. The van der Waals surface area contributed by atoms with Gasteiger partial charge in [-0.05, 0) is 53.3 Å². The van der Waals surface area contributed by atoms with Crippen LogP contribution in [0.15, 0.2) is 89.2 Å². The Hall–Kier alpha value is -7.62. The molecule has 416 valence electrons. The zero-order valence-corrected chi connectivity index (χ0v) is 44.0. The van der Waals surface area contributed by atoms with Gasteiger partial charge in [0.15, 0.2) is 11.4 Å². The zero-order chi connectivity index (χ0) is 56.0. The number of halogens is 3. The minimum absolute atomic E-state index is 0.00259. The molecule has 0 aliphatic carbocycles. The highest BCUT2D eigenvalue weighted by Gasteiger charge is 2.44. The number of oxazole rings is 1. The van der Waals surface area contributed by atoms with E-state index in [9.17, 15) is 42.3 Å². The number of nitrogens with one attached hydrogen (secondary N) is 5. The Morgan fingerprint density at radius 2 is 1.60 bits per heavy atom. The van der Waals surface area contributed by atoms with Crippen LogP contribution in [0.5, 0.6) is 0 Å². The summed E-state index contributed by atoms with van der Waals surface area (Å²) in [5, 5.41) is 28.5. The molecule has 5 amide bonds. The van der Waals surface area contributed by atoms with Crippen LogP contribution in [-0.4, -0.2) is 148 Å². The van der Waals surface area contributed by atoms with Crippen molar-refractivity contribution in [2.24, 2.45) is 11.1 Å². The molecular formula is C52H61F3N12O10S. The summed E-state index contributed by atoms with van der Waals surface area (Å²) in [6, 6.07) is 15.8. The Labute approximate surface area is 450 Å². The molecule has 1 fully saturated rings. The summed E-state index contributed by atoms with van der Waals surface area (Å²) in [6.45, 7) is 8.30. The van der Waals surface area contributed by atoms with Gasteiger partial charge in [0.1, 0.15) is 37.3 Å². The smallest absolute Gasteiger partial charge is 0.405 e. The molecule has 0 unspecified atom stereocenters. The zero-order valence-electron chi connectivity index (χ0n) is 43.2. The fourth-order valence-corrected chi connectivity index (χ4v) is 8.87.